The lowest BCUT2D eigenvalue weighted by molar-refractivity contribution is -0.131. The first kappa shape index (κ1) is 29.3. The fourth-order valence-electron chi connectivity index (χ4n) is 2.03. The molecule has 8 heteroatoms. The quantitative estimate of drug-likeness (QED) is 0.660. The highest BCUT2D eigenvalue weighted by molar-refractivity contribution is 5.73. The zero-order chi connectivity index (χ0) is 22.2. The number of hydrogen-bond donors (Lipinski definition) is 0. The van der Waals surface area contributed by atoms with E-state index in [1.165, 1.54) is 39.0 Å². The van der Waals surface area contributed by atoms with Gasteiger partial charge >= 0.3 is 6.18 Å². The van der Waals surface area contributed by atoms with Crippen molar-refractivity contribution in [2.75, 3.05) is 73.5 Å². The van der Waals surface area contributed by atoms with Gasteiger partial charge in [-0.05, 0) is 21.1 Å². The second kappa shape index (κ2) is 17.0. The molecule has 170 valence electrons. The molecule has 0 radical (unpaired) electrons. The zero-order valence-corrected chi connectivity index (χ0v) is 19.1. The molecule has 2 aliphatic rings. The number of nitrogens with zero attached hydrogens (tertiary/aromatic N) is 4. The summed E-state index contributed by atoms with van der Waals surface area (Å²) in [5, 5.41) is 0. The molecule has 0 aromatic carbocycles. The predicted molar refractivity (Wildman–Crippen MR) is 112 cm³/mol. The molecule has 1 amide bonds. The lowest BCUT2D eigenvalue weighted by Crippen LogP contribution is -2.46. The number of carbonyl (C=O) groups excluding carboxylic acids is 1. The van der Waals surface area contributed by atoms with E-state index in [1.54, 1.807) is 6.92 Å². The number of piperazine rings is 2. The standard InChI is InChI=1S/C7H14N2O.C6H14N2.C4H10.C3H5F3/c1-7(10)9-5-3-8(2)4-6-9;1-7-3-5-8(2)6-4-7;1-3-4-2;1-2-3(4,5)6/h3-6H2,1-2H3;3-6H2,1-2H3;3-4H2,1-2H3;2H2,1H3. The van der Waals surface area contributed by atoms with Gasteiger partial charge in [0.05, 0.1) is 0 Å². The van der Waals surface area contributed by atoms with E-state index in [0.717, 1.165) is 33.1 Å². The second-order valence-electron chi connectivity index (χ2n) is 7.38. The van der Waals surface area contributed by atoms with E-state index in [9.17, 15) is 18.0 Å². The molecule has 2 fully saturated rings. The molecule has 0 unspecified atom stereocenters. The van der Waals surface area contributed by atoms with Crippen molar-refractivity contribution >= 4 is 5.91 Å². The fraction of sp³-hybridized carbons (Fsp3) is 0.950. The molecule has 2 aliphatic heterocycles. The number of alkyl halides is 3. The first-order valence-corrected chi connectivity index (χ1v) is 10.3. The van der Waals surface area contributed by atoms with Gasteiger partial charge in [0, 0.05) is 65.7 Å². The molecule has 2 heterocycles. The Hall–Kier alpha value is -0.860. The lowest BCUT2D eigenvalue weighted by atomic mass is 10.3. The van der Waals surface area contributed by atoms with Gasteiger partial charge in [-0.25, -0.2) is 0 Å². The SMILES string of the molecule is CC(=O)N1CCN(C)CC1.CCC(F)(F)F.CCCC.CN1CCN(C)CC1. The van der Waals surface area contributed by atoms with Crippen molar-refractivity contribution < 1.29 is 18.0 Å². The summed E-state index contributed by atoms with van der Waals surface area (Å²) in [6, 6.07) is 0. The van der Waals surface area contributed by atoms with E-state index in [1.807, 2.05) is 4.90 Å². The Bertz CT molecular complexity index is 353. The van der Waals surface area contributed by atoms with Crippen molar-refractivity contribution in [2.45, 2.75) is 53.1 Å². The molecule has 0 saturated carbocycles. The van der Waals surface area contributed by atoms with Gasteiger partial charge in [0.15, 0.2) is 0 Å². The number of carbonyl (C=O) groups is 1. The summed E-state index contributed by atoms with van der Waals surface area (Å²) >= 11 is 0. The Kier molecular flexibility index (Phi) is 17.9. The highest BCUT2D eigenvalue weighted by atomic mass is 19.4. The summed E-state index contributed by atoms with van der Waals surface area (Å²) < 4.78 is 32.4. The Morgan fingerprint density at radius 2 is 0.964 bits per heavy atom. The van der Waals surface area contributed by atoms with Crippen LogP contribution in [-0.2, 0) is 4.79 Å². The first-order chi connectivity index (χ1) is 13.0. The molecule has 28 heavy (non-hydrogen) atoms. The molecule has 2 saturated heterocycles. The lowest BCUT2D eigenvalue weighted by Gasteiger charge is -2.31. The van der Waals surface area contributed by atoms with Gasteiger partial charge < -0.3 is 19.6 Å². The maximum absolute atomic E-state index is 10.8. The molecule has 5 nitrogen and oxygen atoms in total. The summed E-state index contributed by atoms with van der Waals surface area (Å²) in [6.07, 6.45) is -2.05. The Balaban J connectivity index is 0. The maximum Gasteiger partial charge on any atom is 0.388 e. The van der Waals surface area contributed by atoms with Crippen LogP contribution in [0, 0.1) is 0 Å². The minimum absolute atomic E-state index is 0.202. The summed E-state index contributed by atoms with van der Waals surface area (Å²) in [5.41, 5.74) is 0. The first-order valence-electron chi connectivity index (χ1n) is 10.3. The minimum Gasteiger partial charge on any atom is -0.340 e. The number of rotatable bonds is 1. The molecule has 0 aromatic rings. The molecular formula is C20H43F3N4O. The third-order valence-electron chi connectivity index (χ3n) is 4.58. The molecule has 0 aliphatic carbocycles. The number of amides is 1. The smallest absolute Gasteiger partial charge is 0.340 e. The van der Waals surface area contributed by atoms with Gasteiger partial charge in [-0.2, -0.15) is 13.2 Å². The van der Waals surface area contributed by atoms with Gasteiger partial charge in [-0.3, -0.25) is 4.79 Å². The van der Waals surface area contributed by atoms with Crippen LogP contribution in [0.25, 0.3) is 0 Å². The van der Waals surface area contributed by atoms with Crippen LogP contribution in [0.1, 0.15) is 47.0 Å². The van der Waals surface area contributed by atoms with Crippen molar-refractivity contribution in [2.24, 2.45) is 0 Å². The molecule has 0 bridgehead atoms. The van der Waals surface area contributed by atoms with Crippen LogP contribution in [-0.4, -0.2) is 105 Å². The zero-order valence-electron chi connectivity index (χ0n) is 19.1. The maximum atomic E-state index is 10.8. The number of halogens is 3. The van der Waals surface area contributed by atoms with Gasteiger partial charge in [0.25, 0.3) is 0 Å². The second-order valence-corrected chi connectivity index (χ2v) is 7.38. The summed E-state index contributed by atoms with van der Waals surface area (Å²) in [6.45, 7) is 15.8. The van der Waals surface area contributed by atoms with Crippen molar-refractivity contribution in [3.05, 3.63) is 0 Å². The highest BCUT2D eigenvalue weighted by Crippen LogP contribution is 2.17. The monoisotopic (exact) mass is 412 g/mol. The largest absolute Gasteiger partial charge is 0.388 e. The van der Waals surface area contributed by atoms with Gasteiger partial charge in [0.1, 0.15) is 0 Å². The number of unbranched alkanes of at least 4 members (excludes halogenated alkanes) is 1. The third-order valence-corrected chi connectivity index (χ3v) is 4.58. The van der Waals surface area contributed by atoms with E-state index >= 15 is 0 Å². The van der Waals surface area contributed by atoms with E-state index in [2.05, 4.69) is 49.7 Å². The normalized spacial score (nSPS) is 18.7. The predicted octanol–water partition coefficient (Wildman–Crippen LogP) is 3.41. The number of likely N-dealkylation sites (N-methyl/N-ethyl adjacent to an activating group) is 3. The highest BCUT2D eigenvalue weighted by Gasteiger charge is 2.22. The van der Waals surface area contributed by atoms with Gasteiger partial charge in [-0.15, -0.1) is 0 Å². The van der Waals surface area contributed by atoms with Crippen molar-refractivity contribution in [3.63, 3.8) is 0 Å². The van der Waals surface area contributed by atoms with Crippen LogP contribution in [0.2, 0.25) is 0 Å². The Morgan fingerprint density at radius 3 is 1.14 bits per heavy atom. The average molecular weight is 413 g/mol. The van der Waals surface area contributed by atoms with Crippen molar-refractivity contribution in [1.82, 2.24) is 19.6 Å². The summed E-state index contributed by atoms with van der Waals surface area (Å²) in [5.74, 6) is 0.202. The van der Waals surface area contributed by atoms with Crippen molar-refractivity contribution in [1.29, 1.82) is 0 Å². The molecule has 0 aromatic heterocycles. The van der Waals surface area contributed by atoms with Gasteiger partial charge in [0.2, 0.25) is 5.91 Å². The minimum atomic E-state index is -3.96. The Morgan fingerprint density at radius 1 is 0.714 bits per heavy atom. The summed E-state index contributed by atoms with van der Waals surface area (Å²) in [7, 11) is 6.43. The molecule has 2 rings (SSSR count). The van der Waals surface area contributed by atoms with Crippen LogP contribution < -0.4 is 0 Å². The van der Waals surface area contributed by atoms with E-state index in [-0.39, 0.29) is 5.91 Å². The van der Waals surface area contributed by atoms with E-state index in [4.69, 9.17) is 0 Å². The molecular weight excluding hydrogens is 369 g/mol. The Labute approximate surface area is 170 Å². The van der Waals surface area contributed by atoms with Crippen LogP contribution >= 0.6 is 0 Å². The summed E-state index contributed by atoms with van der Waals surface area (Å²) in [4.78, 5) is 19.7. The van der Waals surface area contributed by atoms with Crippen LogP contribution in [0.4, 0.5) is 13.2 Å². The van der Waals surface area contributed by atoms with E-state index in [0.29, 0.717) is 0 Å². The van der Waals surface area contributed by atoms with Crippen LogP contribution in [0.3, 0.4) is 0 Å². The fourth-order valence-corrected chi connectivity index (χ4v) is 2.03. The van der Waals surface area contributed by atoms with Crippen LogP contribution in [0.5, 0.6) is 0 Å². The van der Waals surface area contributed by atoms with Crippen molar-refractivity contribution in [3.8, 4) is 0 Å². The topological polar surface area (TPSA) is 30.0 Å². The number of hydrogen-bond acceptors (Lipinski definition) is 4. The molecule has 0 atom stereocenters. The van der Waals surface area contributed by atoms with Crippen LogP contribution in [0.15, 0.2) is 0 Å². The molecule has 0 spiro atoms. The molecule has 0 N–H and O–H groups in total. The van der Waals surface area contributed by atoms with E-state index < -0.39 is 12.6 Å². The third kappa shape index (κ3) is 19.9. The average Bonchev–Trinajstić information content (AvgIpc) is 2.65. The van der Waals surface area contributed by atoms with Gasteiger partial charge in [-0.1, -0.05) is 33.6 Å².